The summed E-state index contributed by atoms with van der Waals surface area (Å²) in [5.41, 5.74) is 0. The van der Waals surface area contributed by atoms with E-state index in [-0.39, 0.29) is 3.23 Å². The predicted molar refractivity (Wildman–Crippen MR) is 71.4 cm³/mol. The predicted octanol–water partition coefficient (Wildman–Crippen LogP) is 4.54. The molecule has 0 saturated heterocycles. The van der Waals surface area contributed by atoms with Crippen LogP contribution in [0.4, 0.5) is 0 Å². The lowest BCUT2D eigenvalue weighted by Crippen LogP contribution is -2.28. The monoisotopic (exact) mass is 538 g/mol. The fourth-order valence-corrected chi connectivity index (χ4v) is 7.30. The number of alkyl halides is 6. The first-order valence-corrected chi connectivity index (χ1v) is 8.08. The lowest BCUT2D eigenvalue weighted by atomic mass is 10.4. The van der Waals surface area contributed by atoms with Gasteiger partial charge in [-0.25, -0.2) is 0 Å². The zero-order valence-electron chi connectivity index (χ0n) is 5.08. The molecule has 4 atom stereocenters. The number of halogens is 6. The fourth-order valence-electron chi connectivity index (χ4n) is 0.899. The van der Waals surface area contributed by atoms with Gasteiger partial charge < -0.3 is 0 Å². The third-order valence-electron chi connectivity index (χ3n) is 1.60. The van der Waals surface area contributed by atoms with E-state index in [1.165, 1.54) is 0 Å². The summed E-state index contributed by atoms with van der Waals surface area (Å²) in [5.74, 6) is 0. The zero-order chi connectivity index (χ0) is 8.81. The number of rotatable bonds is 0. The van der Waals surface area contributed by atoms with Crippen LogP contribution in [0.5, 0.6) is 0 Å². The summed E-state index contributed by atoms with van der Waals surface area (Å²) in [4.78, 5) is 1.52. The Bertz CT molecular complexity index is 141. The van der Waals surface area contributed by atoms with Crippen LogP contribution in [-0.2, 0) is 0 Å². The van der Waals surface area contributed by atoms with E-state index in [2.05, 4.69) is 95.6 Å². The molecular weight excluding hydrogens is 539 g/mol. The molecular formula is C5H4Br6. The van der Waals surface area contributed by atoms with Crippen molar-refractivity contribution >= 4 is 95.6 Å². The van der Waals surface area contributed by atoms with Gasteiger partial charge in [0.05, 0.1) is 9.65 Å². The lowest BCUT2D eigenvalue weighted by Gasteiger charge is -2.21. The molecule has 66 valence electrons. The van der Waals surface area contributed by atoms with Crippen molar-refractivity contribution in [1.82, 2.24) is 0 Å². The van der Waals surface area contributed by atoms with Gasteiger partial charge in [0.25, 0.3) is 0 Å². The molecule has 4 unspecified atom stereocenters. The van der Waals surface area contributed by atoms with Gasteiger partial charge in [0.2, 0.25) is 0 Å². The summed E-state index contributed by atoms with van der Waals surface area (Å²) in [6.45, 7) is 0. The van der Waals surface area contributed by atoms with Gasteiger partial charge in [0.15, 0.2) is 0 Å². The van der Waals surface area contributed by atoms with Crippen LogP contribution in [0.1, 0.15) is 0 Å². The molecule has 0 aromatic rings. The molecule has 0 spiro atoms. The van der Waals surface area contributed by atoms with Crippen molar-refractivity contribution in [2.75, 3.05) is 0 Å². The van der Waals surface area contributed by atoms with Crippen LogP contribution in [0.2, 0.25) is 0 Å². The maximum absolute atomic E-state index is 3.62. The van der Waals surface area contributed by atoms with Crippen LogP contribution in [0.25, 0.3) is 0 Å². The van der Waals surface area contributed by atoms with E-state index in [4.69, 9.17) is 0 Å². The van der Waals surface area contributed by atoms with Gasteiger partial charge in [0.1, 0.15) is 3.23 Å². The number of hydrogen-bond donors (Lipinski definition) is 0. The van der Waals surface area contributed by atoms with E-state index < -0.39 is 0 Å². The van der Waals surface area contributed by atoms with Gasteiger partial charge in [-0.15, -0.1) is 0 Å². The van der Waals surface area contributed by atoms with Crippen LogP contribution < -0.4 is 0 Å². The first-order valence-electron chi connectivity index (χ1n) is 2.83. The van der Waals surface area contributed by atoms with Crippen molar-refractivity contribution in [3.05, 3.63) is 0 Å². The third kappa shape index (κ3) is 2.11. The summed E-state index contributed by atoms with van der Waals surface area (Å²) in [6, 6.07) is 0. The molecule has 1 rings (SSSR count). The molecule has 1 aliphatic rings. The van der Waals surface area contributed by atoms with Gasteiger partial charge in [-0.2, -0.15) is 0 Å². The van der Waals surface area contributed by atoms with Crippen LogP contribution in [0.3, 0.4) is 0 Å². The third-order valence-corrected chi connectivity index (χ3v) is 12.9. The second-order valence-electron chi connectivity index (χ2n) is 2.37. The second kappa shape index (κ2) is 4.17. The minimum Gasteiger partial charge on any atom is -0.0865 e. The van der Waals surface area contributed by atoms with Crippen molar-refractivity contribution < 1.29 is 0 Å². The maximum Gasteiger partial charge on any atom is 0.108 e. The molecule has 0 nitrogen and oxygen atoms in total. The largest absolute Gasteiger partial charge is 0.108 e. The van der Waals surface area contributed by atoms with E-state index in [0.29, 0.717) is 19.3 Å². The normalized spacial score (nSPS) is 49.6. The molecule has 0 aliphatic heterocycles. The highest BCUT2D eigenvalue weighted by Gasteiger charge is 2.54. The van der Waals surface area contributed by atoms with E-state index in [1.54, 1.807) is 0 Å². The number of hydrogen-bond acceptors (Lipinski definition) is 0. The molecule has 1 aliphatic carbocycles. The molecule has 6 heteroatoms. The quantitative estimate of drug-likeness (QED) is 0.394. The Kier molecular flexibility index (Phi) is 4.53. The highest BCUT2D eigenvalue weighted by Crippen LogP contribution is 2.54. The van der Waals surface area contributed by atoms with Crippen molar-refractivity contribution in [3.63, 3.8) is 0 Å². The molecule has 0 aromatic carbocycles. The standard InChI is InChI=1S/C5H4Br6/c6-1-2(7)4(9)5(10,11)3(1)8/h1-4H. The Balaban J connectivity index is 2.87. The van der Waals surface area contributed by atoms with Crippen LogP contribution in [-0.4, -0.2) is 22.5 Å². The fraction of sp³-hybridized carbons (Fsp3) is 1.00. The summed E-state index contributed by atoms with van der Waals surface area (Å²) in [5, 5.41) is 0. The minimum absolute atomic E-state index is 0.0810. The Morgan fingerprint density at radius 2 is 1.00 bits per heavy atom. The van der Waals surface area contributed by atoms with Gasteiger partial charge in [0, 0.05) is 9.65 Å². The van der Waals surface area contributed by atoms with Crippen LogP contribution in [0, 0.1) is 0 Å². The summed E-state index contributed by atoms with van der Waals surface area (Å²) in [7, 11) is 0. The Morgan fingerprint density at radius 3 is 1.09 bits per heavy atom. The van der Waals surface area contributed by atoms with Crippen LogP contribution >= 0.6 is 95.6 Å². The molecule has 0 heterocycles. The molecule has 11 heavy (non-hydrogen) atoms. The first-order chi connectivity index (χ1) is 4.89. The lowest BCUT2D eigenvalue weighted by molar-refractivity contribution is 0.937. The highest BCUT2D eigenvalue weighted by molar-refractivity contribution is 9.27. The van der Waals surface area contributed by atoms with Crippen molar-refractivity contribution in [1.29, 1.82) is 0 Å². The minimum atomic E-state index is -0.0810. The van der Waals surface area contributed by atoms with Crippen molar-refractivity contribution in [3.8, 4) is 0 Å². The van der Waals surface area contributed by atoms with Gasteiger partial charge in [-0.05, 0) is 0 Å². The average Bonchev–Trinajstić information content (AvgIpc) is 2.06. The van der Waals surface area contributed by atoms with E-state index in [9.17, 15) is 0 Å². The molecule has 0 N–H and O–H groups in total. The van der Waals surface area contributed by atoms with Gasteiger partial charge in [-0.3, -0.25) is 0 Å². The highest BCUT2D eigenvalue weighted by atomic mass is 79.9. The van der Waals surface area contributed by atoms with Crippen molar-refractivity contribution in [2.45, 2.75) is 22.5 Å². The topological polar surface area (TPSA) is 0 Å². The molecule has 1 fully saturated rings. The van der Waals surface area contributed by atoms with Crippen LogP contribution in [0.15, 0.2) is 0 Å². The Hall–Kier alpha value is 2.88. The molecule has 0 aromatic heterocycles. The molecule has 0 bridgehead atoms. The van der Waals surface area contributed by atoms with E-state index in [0.717, 1.165) is 0 Å². The second-order valence-corrected chi connectivity index (χ2v) is 10.1. The average molecular weight is 544 g/mol. The summed E-state index contributed by atoms with van der Waals surface area (Å²) in [6.07, 6.45) is 0. The van der Waals surface area contributed by atoms with Crippen molar-refractivity contribution in [2.24, 2.45) is 0 Å². The molecule has 1 saturated carbocycles. The Labute approximate surface area is 116 Å². The van der Waals surface area contributed by atoms with Gasteiger partial charge in [-0.1, -0.05) is 95.6 Å². The molecule has 0 radical (unpaired) electrons. The van der Waals surface area contributed by atoms with E-state index >= 15 is 0 Å². The molecule has 0 amide bonds. The summed E-state index contributed by atoms with van der Waals surface area (Å²) < 4.78 is -0.0810. The van der Waals surface area contributed by atoms with Gasteiger partial charge >= 0.3 is 0 Å². The Morgan fingerprint density at radius 1 is 0.727 bits per heavy atom. The van der Waals surface area contributed by atoms with E-state index in [1.807, 2.05) is 0 Å². The summed E-state index contributed by atoms with van der Waals surface area (Å²) >= 11 is 21.6. The first kappa shape index (κ1) is 12.0. The zero-order valence-corrected chi connectivity index (χ0v) is 14.6. The smallest absolute Gasteiger partial charge is 0.0865 e. The maximum atomic E-state index is 3.62. The SMILES string of the molecule is BrC1C(Br)C(Br)C(Br)(Br)C1Br.